The molecule has 20 heavy (non-hydrogen) atoms. The van der Waals surface area contributed by atoms with Crippen LogP contribution in [0.15, 0.2) is 24.3 Å². The third kappa shape index (κ3) is 3.97. The van der Waals surface area contributed by atoms with E-state index in [9.17, 15) is 9.90 Å². The number of aliphatic hydroxyl groups is 1. The quantitative estimate of drug-likeness (QED) is 0.774. The van der Waals surface area contributed by atoms with Crippen LogP contribution in [0, 0.1) is 11.3 Å². The molecule has 1 saturated carbocycles. The Labute approximate surface area is 118 Å². The van der Waals surface area contributed by atoms with Crippen LogP contribution >= 0.6 is 0 Å². The van der Waals surface area contributed by atoms with Crippen LogP contribution in [0.1, 0.15) is 31.2 Å². The number of benzene rings is 1. The maximum absolute atomic E-state index is 11.8. The fourth-order valence-electron chi connectivity index (χ4n) is 2.38. The molecule has 2 unspecified atom stereocenters. The highest BCUT2D eigenvalue weighted by atomic mass is 16.3. The zero-order valence-corrected chi connectivity index (χ0v) is 11.3. The van der Waals surface area contributed by atoms with Gasteiger partial charge in [-0.05, 0) is 37.1 Å². The molecule has 1 aliphatic carbocycles. The highest BCUT2D eigenvalue weighted by Gasteiger charge is 2.24. The van der Waals surface area contributed by atoms with Crippen molar-refractivity contribution in [2.75, 3.05) is 11.9 Å². The Bertz CT molecular complexity index is 493. The van der Waals surface area contributed by atoms with Crippen molar-refractivity contribution >= 4 is 11.6 Å². The van der Waals surface area contributed by atoms with Gasteiger partial charge < -0.3 is 15.7 Å². The maximum atomic E-state index is 11.8. The van der Waals surface area contributed by atoms with E-state index in [1.807, 2.05) is 6.07 Å². The Morgan fingerprint density at radius 2 is 2.00 bits per heavy atom. The van der Waals surface area contributed by atoms with Gasteiger partial charge in [0.15, 0.2) is 0 Å². The second-order valence-electron chi connectivity index (χ2n) is 5.07. The standard InChI is InChI=1S/C15H19N3O2/c16-9-11-5-7-12(8-6-11)17-10-15(20)18-13-3-1-2-4-14(13)19/h5-8,13-14,17,19H,1-4,10H2,(H,18,20). The zero-order chi connectivity index (χ0) is 14.4. The average Bonchev–Trinajstić information content (AvgIpc) is 2.48. The van der Waals surface area contributed by atoms with E-state index in [2.05, 4.69) is 10.6 Å². The smallest absolute Gasteiger partial charge is 0.239 e. The fourth-order valence-corrected chi connectivity index (χ4v) is 2.38. The van der Waals surface area contributed by atoms with Crippen LogP contribution in [-0.4, -0.2) is 29.7 Å². The van der Waals surface area contributed by atoms with Crippen LogP contribution in [0.3, 0.4) is 0 Å². The molecule has 0 saturated heterocycles. The van der Waals surface area contributed by atoms with E-state index in [1.165, 1.54) is 0 Å². The number of nitriles is 1. The molecule has 2 rings (SSSR count). The molecule has 0 heterocycles. The average molecular weight is 273 g/mol. The zero-order valence-electron chi connectivity index (χ0n) is 11.3. The summed E-state index contributed by atoms with van der Waals surface area (Å²) in [5.74, 6) is -0.125. The number of anilines is 1. The van der Waals surface area contributed by atoms with Crippen molar-refractivity contribution in [2.45, 2.75) is 37.8 Å². The van der Waals surface area contributed by atoms with E-state index in [4.69, 9.17) is 5.26 Å². The first-order valence-corrected chi connectivity index (χ1v) is 6.90. The van der Waals surface area contributed by atoms with Crippen molar-refractivity contribution in [2.24, 2.45) is 0 Å². The normalized spacial score (nSPS) is 21.8. The van der Waals surface area contributed by atoms with E-state index in [0.717, 1.165) is 31.4 Å². The van der Waals surface area contributed by atoms with Crippen molar-refractivity contribution in [1.82, 2.24) is 5.32 Å². The number of rotatable bonds is 4. The third-order valence-corrected chi connectivity index (χ3v) is 3.54. The largest absolute Gasteiger partial charge is 0.391 e. The van der Waals surface area contributed by atoms with Crippen molar-refractivity contribution in [3.8, 4) is 6.07 Å². The van der Waals surface area contributed by atoms with Gasteiger partial charge in [-0.3, -0.25) is 4.79 Å². The topological polar surface area (TPSA) is 85.2 Å². The minimum Gasteiger partial charge on any atom is -0.391 e. The fraction of sp³-hybridized carbons (Fsp3) is 0.467. The number of hydrogen-bond acceptors (Lipinski definition) is 4. The summed E-state index contributed by atoms with van der Waals surface area (Å²) in [7, 11) is 0. The van der Waals surface area contributed by atoms with Gasteiger partial charge in [0.05, 0.1) is 30.3 Å². The Kier molecular flexibility index (Phi) is 4.97. The monoisotopic (exact) mass is 273 g/mol. The number of aliphatic hydroxyl groups excluding tert-OH is 1. The molecule has 1 fully saturated rings. The first kappa shape index (κ1) is 14.4. The van der Waals surface area contributed by atoms with Crippen LogP contribution in [0.25, 0.3) is 0 Å². The molecule has 0 aliphatic heterocycles. The Hall–Kier alpha value is -2.06. The Morgan fingerprint density at radius 3 is 2.65 bits per heavy atom. The summed E-state index contributed by atoms with van der Waals surface area (Å²) in [6.07, 6.45) is 3.24. The molecule has 2 atom stereocenters. The lowest BCUT2D eigenvalue weighted by atomic mass is 9.92. The molecule has 1 aromatic rings. The maximum Gasteiger partial charge on any atom is 0.239 e. The molecular weight excluding hydrogens is 254 g/mol. The lowest BCUT2D eigenvalue weighted by Crippen LogP contribution is -2.46. The third-order valence-electron chi connectivity index (χ3n) is 3.54. The molecule has 5 heteroatoms. The summed E-state index contributed by atoms with van der Waals surface area (Å²) < 4.78 is 0. The number of nitrogens with zero attached hydrogens (tertiary/aromatic N) is 1. The van der Waals surface area contributed by atoms with E-state index in [-0.39, 0.29) is 18.5 Å². The number of carbonyl (C=O) groups is 1. The summed E-state index contributed by atoms with van der Waals surface area (Å²) in [6, 6.07) is 8.85. The molecule has 1 aliphatic rings. The van der Waals surface area contributed by atoms with Crippen LogP contribution in [-0.2, 0) is 4.79 Å². The highest BCUT2D eigenvalue weighted by molar-refractivity contribution is 5.81. The van der Waals surface area contributed by atoms with Gasteiger partial charge in [-0.2, -0.15) is 5.26 Å². The van der Waals surface area contributed by atoms with Crippen molar-refractivity contribution in [1.29, 1.82) is 5.26 Å². The van der Waals surface area contributed by atoms with Gasteiger partial charge in [-0.15, -0.1) is 0 Å². The number of nitrogens with one attached hydrogen (secondary N) is 2. The van der Waals surface area contributed by atoms with Crippen LogP contribution in [0.5, 0.6) is 0 Å². The summed E-state index contributed by atoms with van der Waals surface area (Å²) >= 11 is 0. The molecule has 1 amide bonds. The van der Waals surface area contributed by atoms with Crippen molar-refractivity contribution in [3.63, 3.8) is 0 Å². The van der Waals surface area contributed by atoms with E-state index in [1.54, 1.807) is 24.3 Å². The highest BCUT2D eigenvalue weighted by Crippen LogP contribution is 2.18. The van der Waals surface area contributed by atoms with Gasteiger partial charge in [-0.1, -0.05) is 12.8 Å². The van der Waals surface area contributed by atoms with Crippen molar-refractivity contribution < 1.29 is 9.90 Å². The molecule has 0 aromatic heterocycles. The van der Waals surface area contributed by atoms with Gasteiger partial charge in [0.1, 0.15) is 0 Å². The molecule has 0 radical (unpaired) electrons. The number of hydrogen-bond donors (Lipinski definition) is 3. The Morgan fingerprint density at radius 1 is 1.30 bits per heavy atom. The molecule has 0 bridgehead atoms. The first-order chi connectivity index (χ1) is 9.69. The predicted octanol–water partition coefficient (Wildman–Crippen LogP) is 1.39. The lowest BCUT2D eigenvalue weighted by Gasteiger charge is -2.28. The predicted molar refractivity (Wildman–Crippen MR) is 76.1 cm³/mol. The second kappa shape index (κ2) is 6.92. The minimum absolute atomic E-state index is 0.125. The minimum atomic E-state index is -0.428. The molecule has 1 aromatic carbocycles. The van der Waals surface area contributed by atoms with Gasteiger partial charge in [0.2, 0.25) is 5.91 Å². The van der Waals surface area contributed by atoms with Gasteiger partial charge in [0, 0.05) is 5.69 Å². The van der Waals surface area contributed by atoms with E-state index < -0.39 is 6.10 Å². The van der Waals surface area contributed by atoms with Crippen LogP contribution in [0.4, 0.5) is 5.69 Å². The SMILES string of the molecule is N#Cc1ccc(NCC(=O)NC2CCCCC2O)cc1. The lowest BCUT2D eigenvalue weighted by molar-refractivity contribution is -0.121. The summed E-state index contributed by atoms with van der Waals surface area (Å²) in [5.41, 5.74) is 1.38. The Balaban J connectivity index is 1.78. The van der Waals surface area contributed by atoms with Crippen molar-refractivity contribution in [3.05, 3.63) is 29.8 Å². The summed E-state index contributed by atoms with van der Waals surface area (Å²) in [4.78, 5) is 11.8. The number of amides is 1. The van der Waals surface area contributed by atoms with Gasteiger partial charge >= 0.3 is 0 Å². The van der Waals surface area contributed by atoms with E-state index >= 15 is 0 Å². The van der Waals surface area contributed by atoms with Gasteiger partial charge in [0.25, 0.3) is 0 Å². The molecule has 106 valence electrons. The van der Waals surface area contributed by atoms with Crippen LogP contribution < -0.4 is 10.6 Å². The summed E-state index contributed by atoms with van der Waals surface area (Å²) in [6.45, 7) is 0.162. The molecule has 3 N–H and O–H groups in total. The van der Waals surface area contributed by atoms with Gasteiger partial charge in [-0.25, -0.2) is 0 Å². The number of carbonyl (C=O) groups excluding carboxylic acids is 1. The molecule has 5 nitrogen and oxygen atoms in total. The van der Waals surface area contributed by atoms with Crippen LogP contribution in [0.2, 0.25) is 0 Å². The summed E-state index contributed by atoms with van der Waals surface area (Å²) in [5, 5.41) is 24.3. The van der Waals surface area contributed by atoms with E-state index in [0.29, 0.717) is 5.56 Å². The second-order valence-corrected chi connectivity index (χ2v) is 5.07. The molecule has 0 spiro atoms. The molecular formula is C15H19N3O2. The first-order valence-electron chi connectivity index (χ1n) is 6.90.